The van der Waals surface area contributed by atoms with Crippen LogP contribution in [0.1, 0.15) is 247 Å². The average Bonchev–Trinajstić information content (AvgIpc) is 3.16. The zero-order valence-electron chi connectivity index (χ0n) is 37.6. The third-order valence-electron chi connectivity index (χ3n) is 11.2. The number of nitrogens with zero attached hydrogens (tertiary/aromatic N) is 2. The van der Waals surface area contributed by atoms with Crippen LogP contribution in [-0.2, 0) is 19.1 Å². The Kier molecular flexibility index (Phi) is 40.6. The van der Waals surface area contributed by atoms with Crippen molar-refractivity contribution in [3.63, 3.8) is 0 Å². The van der Waals surface area contributed by atoms with Gasteiger partial charge in [-0.3, -0.25) is 9.59 Å². The Morgan fingerprint density at radius 3 is 0.870 bits per heavy atom. The minimum Gasteiger partial charge on any atom is -0.462 e. The number of ether oxygens (including phenoxy) is 2. The second-order valence-corrected chi connectivity index (χ2v) is 16.6. The van der Waals surface area contributed by atoms with E-state index in [-0.39, 0.29) is 24.1 Å². The van der Waals surface area contributed by atoms with Crippen molar-refractivity contribution < 1.29 is 19.1 Å². The maximum Gasteiger partial charge on any atom is 0.307 e. The molecule has 0 bridgehead atoms. The molecule has 0 radical (unpaired) electrons. The van der Waals surface area contributed by atoms with Crippen molar-refractivity contribution in [3.8, 4) is 0 Å². The van der Waals surface area contributed by atoms with Gasteiger partial charge in [0.25, 0.3) is 0 Å². The number of esters is 2. The quantitative estimate of drug-likeness (QED) is 0.0455. The normalized spacial score (nSPS) is 11.8. The van der Waals surface area contributed by atoms with Gasteiger partial charge in [-0.05, 0) is 77.3 Å². The van der Waals surface area contributed by atoms with E-state index >= 15 is 0 Å². The van der Waals surface area contributed by atoms with Crippen LogP contribution in [-0.4, -0.2) is 73.2 Å². The summed E-state index contributed by atoms with van der Waals surface area (Å²) in [7, 11) is 0. The first-order valence-electron chi connectivity index (χ1n) is 24.3. The monoisotopic (exact) mass is 765 g/mol. The highest BCUT2D eigenvalue weighted by Gasteiger charge is 2.19. The summed E-state index contributed by atoms with van der Waals surface area (Å²) in [6.45, 7) is 18.8. The Morgan fingerprint density at radius 2 is 0.593 bits per heavy atom. The topological polar surface area (TPSA) is 59.1 Å². The minimum atomic E-state index is -0.0681. The lowest BCUT2D eigenvalue weighted by atomic mass is 10.0. The van der Waals surface area contributed by atoms with Gasteiger partial charge in [0, 0.05) is 26.2 Å². The molecule has 0 amide bonds. The minimum absolute atomic E-state index is 0.0399. The van der Waals surface area contributed by atoms with E-state index in [0.29, 0.717) is 25.9 Å². The number of unbranched alkanes of at least 4 members (excludes halogenated alkanes) is 20. The fraction of sp³-hybridized carbons (Fsp3) is 0.958. The van der Waals surface area contributed by atoms with Crippen LogP contribution in [0.25, 0.3) is 0 Å². The first kappa shape index (κ1) is 52.9. The van der Waals surface area contributed by atoms with Gasteiger partial charge >= 0.3 is 11.9 Å². The lowest BCUT2D eigenvalue weighted by Crippen LogP contribution is -2.38. The van der Waals surface area contributed by atoms with Crippen LogP contribution in [0.5, 0.6) is 0 Å². The maximum atomic E-state index is 13.3. The van der Waals surface area contributed by atoms with Crippen LogP contribution in [0.4, 0.5) is 0 Å². The summed E-state index contributed by atoms with van der Waals surface area (Å²) >= 11 is 0. The van der Waals surface area contributed by atoms with Crippen molar-refractivity contribution in [2.24, 2.45) is 0 Å². The third kappa shape index (κ3) is 35.3. The van der Waals surface area contributed by atoms with Gasteiger partial charge in [0.05, 0.1) is 12.8 Å². The number of carbonyl (C=O) groups is 2. The Bertz CT molecular complexity index is 701. The van der Waals surface area contributed by atoms with Crippen LogP contribution in [0.15, 0.2) is 0 Å². The molecule has 0 saturated heterocycles. The molecule has 0 aromatic carbocycles. The van der Waals surface area contributed by atoms with E-state index in [1.807, 2.05) is 0 Å². The first-order chi connectivity index (χ1) is 26.4. The highest BCUT2D eigenvalue weighted by molar-refractivity contribution is 5.70. The van der Waals surface area contributed by atoms with E-state index in [4.69, 9.17) is 9.47 Å². The molecular formula is C48H96N2O4. The van der Waals surface area contributed by atoms with Gasteiger partial charge in [0.15, 0.2) is 0 Å². The van der Waals surface area contributed by atoms with Crippen molar-refractivity contribution in [2.75, 3.05) is 39.3 Å². The van der Waals surface area contributed by atoms with Crippen molar-refractivity contribution >= 4 is 11.9 Å². The Hall–Kier alpha value is -1.14. The van der Waals surface area contributed by atoms with Crippen LogP contribution < -0.4 is 0 Å². The third-order valence-corrected chi connectivity index (χ3v) is 11.2. The molecule has 322 valence electrons. The van der Waals surface area contributed by atoms with E-state index in [1.54, 1.807) is 0 Å². The molecule has 0 spiro atoms. The molecule has 0 aliphatic rings. The number of carbonyl (C=O) groups excluding carboxylic acids is 2. The standard InChI is InChI=1S/C48H96N2O4/c1-7-13-17-21-25-29-33-45(34-30-26-22-18-14-8-2)53-47(51)37-41-50(44-43-49(39-11-5)40-12-6)42-38-48(52)54-46(35-31-27-23-19-15-9-3)36-32-28-24-20-16-10-4/h45-46H,7-44H2,1-6H3. The molecule has 0 aliphatic carbocycles. The summed E-state index contributed by atoms with van der Waals surface area (Å²) in [5, 5.41) is 0. The highest BCUT2D eigenvalue weighted by atomic mass is 16.5. The lowest BCUT2D eigenvalue weighted by Gasteiger charge is -2.27. The van der Waals surface area contributed by atoms with E-state index in [0.717, 1.165) is 90.4 Å². The zero-order chi connectivity index (χ0) is 39.7. The fourth-order valence-electron chi connectivity index (χ4n) is 7.71. The summed E-state index contributed by atoms with van der Waals surface area (Å²) in [5.41, 5.74) is 0. The summed E-state index contributed by atoms with van der Waals surface area (Å²) in [4.78, 5) is 31.5. The van der Waals surface area contributed by atoms with E-state index in [2.05, 4.69) is 51.3 Å². The molecule has 0 aromatic rings. The second-order valence-electron chi connectivity index (χ2n) is 16.6. The van der Waals surface area contributed by atoms with Gasteiger partial charge in [-0.2, -0.15) is 0 Å². The van der Waals surface area contributed by atoms with Crippen LogP contribution >= 0.6 is 0 Å². The molecule has 0 N–H and O–H groups in total. The smallest absolute Gasteiger partial charge is 0.307 e. The molecule has 0 rings (SSSR count). The Balaban J connectivity index is 5.30. The van der Waals surface area contributed by atoms with E-state index < -0.39 is 0 Å². The van der Waals surface area contributed by atoms with Gasteiger partial charge in [0.2, 0.25) is 0 Å². The van der Waals surface area contributed by atoms with Crippen LogP contribution in [0.2, 0.25) is 0 Å². The van der Waals surface area contributed by atoms with Crippen LogP contribution in [0.3, 0.4) is 0 Å². The Labute approximate surface area is 338 Å². The van der Waals surface area contributed by atoms with E-state index in [9.17, 15) is 9.59 Å². The molecule has 0 heterocycles. The summed E-state index contributed by atoms with van der Waals surface area (Å²) < 4.78 is 12.4. The second kappa shape index (κ2) is 41.5. The first-order valence-corrected chi connectivity index (χ1v) is 24.3. The molecule has 6 nitrogen and oxygen atoms in total. The summed E-state index contributed by atoms with van der Waals surface area (Å²) in [6, 6.07) is 0. The largest absolute Gasteiger partial charge is 0.462 e. The highest BCUT2D eigenvalue weighted by Crippen LogP contribution is 2.19. The van der Waals surface area contributed by atoms with Crippen molar-refractivity contribution in [1.82, 2.24) is 9.80 Å². The predicted octanol–water partition coefficient (Wildman–Crippen LogP) is 14.0. The van der Waals surface area contributed by atoms with Gasteiger partial charge in [-0.25, -0.2) is 0 Å². The van der Waals surface area contributed by atoms with Crippen LogP contribution in [0, 0.1) is 0 Å². The molecular weight excluding hydrogens is 669 g/mol. The van der Waals surface area contributed by atoms with Gasteiger partial charge in [-0.15, -0.1) is 0 Å². The maximum absolute atomic E-state index is 13.3. The number of hydrogen-bond acceptors (Lipinski definition) is 6. The van der Waals surface area contributed by atoms with Crippen molar-refractivity contribution in [3.05, 3.63) is 0 Å². The Morgan fingerprint density at radius 1 is 0.333 bits per heavy atom. The molecule has 0 fully saturated rings. The molecule has 54 heavy (non-hydrogen) atoms. The average molecular weight is 765 g/mol. The van der Waals surface area contributed by atoms with Crippen molar-refractivity contribution in [1.29, 1.82) is 0 Å². The number of rotatable bonds is 43. The molecule has 6 heteroatoms. The van der Waals surface area contributed by atoms with Gasteiger partial charge in [-0.1, -0.05) is 170 Å². The number of hydrogen-bond donors (Lipinski definition) is 0. The molecule has 0 atom stereocenters. The zero-order valence-corrected chi connectivity index (χ0v) is 37.6. The van der Waals surface area contributed by atoms with Gasteiger partial charge < -0.3 is 19.3 Å². The molecule has 0 unspecified atom stereocenters. The molecule has 0 aromatic heterocycles. The summed E-state index contributed by atoms with van der Waals surface area (Å²) in [5.74, 6) is -0.136. The lowest BCUT2D eigenvalue weighted by molar-refractivity contribution is -0.150. The predicted molar refractivity (Wildman–Crippen MR) is 234 cm³/mol. The van der Waals surface area contributed by atoms with Crippen molar-refractivity contribution in [2.45, 2.75) is 259 Å². The SMILES string of the molecule is CCCCCCCCC(CCCCCCCC)OC(=O)CCN(CCC(=O)OC(CCCCCCCC)CCCCCCCC)CCN(CCC)CCC. The van der Waals surface area contributed by atoms with Gasteiger partial charge in [0.1, 0.15) is 12.2 Å². The van der Waals surface area contributed by atoms with E-state index in [1.165, 1.54) is 128 Å². The fourth-order valence-corrected chi connectivity index (χ4v) is 7.71. The molecule has 0 aliphatic heterocycles. The summed E-state index contributed by atoms with van der Waals surface area (Å²) in [6.07, 6.45) is 37.4. The molecule has 0 saturated carbocycles.